The summed E-state index contributed by atoms with van der Waals surface area (Å²) in [5, 5.41) is 5.69. The molecule has 0 spiro atoms. The Balaban J connectivity index is 1.47. The number of amidine groups is 1. The van der Waals surface area contributed by atoms with Crippen molar-refractivity contribution in [1.29, 1.82) is 0 Å². The van der Waals surface area contributed by atoms with Gasteiger partial charge in [-0.15, -0.1) is 6.58 Å². The number of thioether (sulfide) groups is 1. The number of carbonyl (C=O) groups excluding carboxylic acids is 1. The molecule has 7 heteroatoms. The van der Waals surface area contributed by atoms with Crippen LogP contribution in [0.25, 0.3) is 28.3 Å². The van der Waals surface area contributed by atoms with Gasteiger partial charge in [0.05, 0.1) is 22.6 Å². The highest BCUT2D eigenvalue weighted by Gasteiger charge is 2.32. The lowest BCUT2D eigenvalue weighted by atomic mass is 10.1. The van der Waals surface area contributed by atoms with Gasteiger partial charge in [-0.3, -0.25) is 9.69 Å². The summed E-state index contributed by atoms with van der Waals surface area (Å²) in [6.45, 7) is 6.72. The van der Waals surface area contributed by atoms with Gasteiger partial charge in [0.25, 0.3) is 5.91 Å². The van der Waals surface area contributed by atoms with E-state index in [0.29, 0.717) is 29.0 Å². The fourth-order valence-electron chi connectivity index (χ4n) is 3.77. The van der Waals surface area contributed by atoms with Gasteiger partial charge in [-0.2, -0.15) is 0 Å². The second-order valence-electron chi connectivity index (χ2n) is 7.79. The van der Waals surface area contributed by atoms with E-state index in [2.05, 4.69) is 11.7 Å². The Morgan fingerprint density at radius 1 is 1.11 bits per heavy atom. The fraction of sp³-hybridized carbons (Fsp3) is 0.107. The van der Waals surface area contributed by atoms with E-state index in [1.165, 1.54) is 11.8 Å². The molecule has 35 heavy (non-hydrogen) atoms. The lowest BCUT2D eigenvalue weighted by Gasteiger charge is -2.12. The molecule has 1 aliphatic heterocycles. The Labute approximate surface area is 207 Å². The number of aliphatic imine (C=N–C) groups is 1. The number of hydrogen-bond donors (Lipinski definition) is 0. The van der Waals surface area contributed by atoms with Crippen molar-refractivity contribution in [3.8, 4) is 17.1 Å². The number of carbonyl (C=O) groups is 1. The molecule has 4 aromatic rings. The first-order valence-electron chi connectivity index (χ1n) is 11.2. The second-order valence-corrected chi connectivity index (χ2v) is 8.80. The van der Waals surface area contributed by atoms with Gasteiger partial charge in [-0.25, -0.2) is 4.99 Å². The van der Waals surface area contributed by atoms with Gasteiger partial charge in [0.15, 0.2) is 10.9 Å². The van der Waals surface area contributed by atoms with E-state index < -0.39 is 0 Å². The molecule has 0 bridgehead atoms. The summed E-state index contributed by atoms with van der Waals surface area (Å²) in [5.41, 5.74) is 3.35. The van der Waals surface area contributed by atoms with Crippen LogP contribution in [0.1, 0.15) is 12.5 Å². The predicted molar refractivity (Wildman–Crippen MR) is 142 cm³/mol. The highest BCUT2D eigenvalue weighted by Crippen LogP contribution is 2.35. The molecule has 1 saturated heterocycles. The van der Waals surface area contributed by atoms with Crippen molar-refractivity contribution >= 4 is 45.5 Å². The van der Waals surface area contributed by atoms with Crippen LogP contribution >= 0.6 is 11.8 Å². The molecule has 0 unspecified atom stereocenters. The standard InChI is InChI=1S/C28H23N3O3S/c1-3-16-31-27(32)25(35-28(31)29-21-11-13-22(14-12-21)33-4-2)18-19-10-15-24-23(17-19)26(34-30-24)20-8-6-5-7-9-20/h3,5-15,17-18H,1,4,16H2,2H3/b25-18-,29-28?. The maximum atomic E-state index is 13.2. The topological polar surface area (TPSA) is 67.9 Å². The van der Waals surface area contributed by atoms with Crippen molar-refractivity contribution in [2.45, 2.75) is 6.92 Å². The molecule has 0 atom stereocenters. The normalized spacial score (nSPS) is 15.9. The number of fused-ring (bicyclic) bond motifs is 1. The fourth-order valence-corrected chi connectivity index (χ4v) is 4.78. The molecule has 1 fully saturated rings. The van der Waals surface area contributed by atoms with E-state index in [1.54, 1.807) is 11.0 Å². The van der Waals surface area contributed by atoms with Crippen LogP contribution in [-0.4, -0.2) is 34.3 Å². The number of benzene rings is 3. The molecule has 1 aromatic heterocycles. The van der Waals surface area contributed by atoms with E-state index in [0.717, 1.165) is 33.5 Å². The molecule has 0 radical (unpaired) electrons. The maximum absolute atomic E-state index is 13.2. The molecule has 0 aliphatic carbocycles. The first-order chi connectivity index (χ1) is 17.2. The van der Waals surface area contributed by atoms with Crippen molar-refractivity contribution < 1.29 is 14.1 Å². The lowest BCUT2D eigenvalue weighted by Crippen LogP contribution is -2.29. The SMILES string of the molecule is C=CCN1C(=O)/C(=C/c2ccc3noc(-c4ccccc4)c3c2)SC1=Nc1ccc(OCC)cc1. The van der Waals surface area contributed by atoms with E-state index in [4.69, 9.17) is 14.3 Å². The zero-order valence-corrected chi connectivity index (χ0v) is 20.0. The Hall–Kier alpha value is -4.10. The summed E-state index contributed by atoms with van der Waals surface area (Å²) in [6, 6.07) is 23.2. The van der Waals surface area contributed by atoms with Crippen molar-refractivity contribution in [2.24, 2.45) is 4.99 Å². The Bertz CT molecular complexity index is 1440. The smallest absolute Gasteiger partial charge is 0.267 e. The third kappa shape index (κ3) is 4.76. The number of amides is 1. The average molecular weight is 482 g/mol. The highest BCUT2D eigenvalue weighted by atomic mass is 32.2. The van der Waals surface area contributed by atoms with Crippen LogP contribution in [0.3, 0.4) is 0 Å². The van der Waals surface area contributed by atoms with Gasteiger partial charge < -0.3 is 9.26 Å². The molecule has 6 nitrogen and oxygen atoms in total. The summed E-state index contributed by atoms with van der Waals surface area (Å²) >= 11 is 1.35. The summed E-state index contributed by atoms with van der Waals surface area (Å²) in [5.74, 6) is 1.39. The van der Waals surface area contributed by atoms with Gasteiger partial charge in [0, 0.05) is 12.1 Å². The van der Waals surface area contributed by atoms with Crippen LogP contribution in [0.5, 0.6) is 5.75 Å². The third-order valence-corrected chi connectivity index (χ3v) is 6.41. The lowest BCUT2D eigenvalue weighted by molar-refractivity contribution is -0.121. The Morgan fingerprint density at radius 2 is 1.91 bits per heavy atom. The molecule has 1 aliphatic rings. The molecule has 3 aromatic carbocycles. The van der Waals surface area contributed by atoms with Crippen LogP contribution in [0.2, 0.25) is 0 Å². The molecular formula is C28H23N3O3S. The summed E-state index contributed by atoms with van der Waals surface area (Å²) in [6.07, 6.45) is 3.58. The number of aromatic nitrogens is 1. The van der Waals surface area contributed by atoms with E-state index in [1.807, 2.05) is 85.8 Å². The molecular weight excluding hydrogens is 458 g/mol. The minimum Gasteiger partial charge on any atom is -0.494 e. The van der Waals surface area contributed by atoms with Gasteiger partial charge in [0.1, 0.15) is 11.3 Å². The first-order valence-corrected chi connectivity index (χ1v) is 12.1. The zero-order chi connectivity index (χ0) is 24.2. The highest BCUT2D eigenvalue weighted by molar-refractivity contribution is 8.18. The van der Waals surface area contributed by atoms with Gasteiger partial charge in [-0.1, -0.05) is 47.6 Å². The minimum atomic E-state index is -0.103. The average Bonchev–Trinajstić information content (AvgIpc) is 3.43. The monoisotopic (exact) mass is 481 g/mol. The quantitative estimate of drug-likeness (QED) is 0.217. The number of rotatable bonds is 7. The van der Waals surface area contributed by atoms with E-state index in [-0.39, 0.29) is 5.91 Å². The largest absolute Gasteiger partial charge is 0.494 e. The summed E-state index contributed by atoms with van der Waals surface area (Å²) < 4.78 is 11.1. The Morgan fingerprint density at radius 3 is 2.66 bits per heavy atom. The van der Waals surface area contributed by atoms with E-state index in [9.17, 15) is 4.79 Å². The number of hydrogen-bond acceptors (Lipinski definition) is 6. The molecule has 0 saturated carbocycles. The van der Waals surface area contributed by atoms with Crippen molar-refractivity contribution in [3.05, 3.63) is 95.9 Å². The molecule has 5 rings (SSSR count). The van der Waals surface area contributed by atoms with Crippen molar-refractivity contribution in [2.75, 3.05) is 13.2 Å². The van der Waals surface area contributed by atoms with Crippen molar-refractivity contribution in [3.63, 3.8) is 0 Å². The number of nitrogens with zero attached hydrogens (tertiary/aromatic N) is 3. The maximum Gasteiger partial charge on any atom is 0.267 e. The summed E-state index contributed by atoms with van der Waals surface area (Å²) in [7, 11) is 0. The molecule has 2 heterocycles. The first kappa shape index (κ1) is 22.7. The van der Waals surface area contributed by atoms with E-state index >= 15 is 0 Å². The van der Waals surface area contributed by atoms with Gasteiger partial charge in [-0.05, 0) is 66.7 Å². The number of ether oxygens (including phenoxy) is 1. The predicted octanol–water partition coefficient (Wildman–Crippen LogP) is 6.68. The van der Waals surface area contributed by atoms with Crippen molar-refractivity contribution in [1.82, 2.24) is 10.1 Å². The van der Waals surface area contributed by atoms with Gasteiger partial charge in [0.2, 0.25) is 0 Å². The van der Waals surface area contributed by atoms with Crippen LogP contribution < -0.4 is 4.74 Å². The molecule has 0 N–H and O–H groups in total. The molecule has 1 amide bonds. The summed E-state index contributed by atoms with van der Waals surface area (Å²) in [4.78, 5) is 20.1. The third-order valence-electron chi connectivity index (χ3n) is 5.41. The second kappa shape index (κ2) is 10.0. The van der Waals surface area contributed by atoms with Crippen LogP contribution in [-0.2, 0) is 4.79 Å². The van der Waals surface area contributed by atoms with Crippen LogP contribution in [0.4, 0.5) is 5.69 Å². The molecule has 174 valence electrons. The minimum absolute atomic E-state index is 0.103. The van der Waals surface area contributed by atoms with Gasteiger partial charge >= 0.3 is 0 Å². The van der Waals surface area contributed by atoms with Crippen LogP contribution in [0, 0.1) is 0 Å². The van der Waals surface area contributed by atoms with Crippen LogP contribution in [0.15, 0.2) is 99.9 Å². The zero-order valence-electron chi connectivity index (χ0n) is 19.2. The Kier molecular flexibility index (Phi) is 6.50.